The first kappa shape index (κ1) is 22.0. The topological polar surface area (TPSA) is 49.8 Å². The highest BCUT2D eigenvalue weighted by Crippen LogP contribution is 2.41. The number of aliphatic hydroxyl groups is 1. The SMILES string of the molecule is O=C(OCC[C@@H](Cc1ccccc1)N1CCCC1)C(O)(c1ccccc1)C1CCCC1. The van der Waals surface area contributed by atoms with Crippen LogP contribution >= 0.6 is 0 Å². The molecule has 2 aliphatic rings. The maximum absolute atomic E-state index is 13.2. The first-order valence-electron chi connectivity index (χ1n) is 11.9. The molecule has 2 atom stereocenters. The second-order valence-corrected chi connectivity index (χ2v) is 9.13. The van der Waals surface area contributed by atoms with E-state index in [2.05, 4.69) is 29.2 Å². The highest BCUT2D eigenvalue weighted by Gasteiger charge is 2.47. The largest absolute Gasteiger partial charge is 0.463 e. The van der Waals surface area contributed by atoms with Crippen molar-refractivity contribution in [3.8, 4) is 0 Å². The first-order chi connectivity index (χ1) is 15.2. The average Bonchev–Trinajstić information content (AvgIpc) is 3.54. The van der Waals surface area contributed by atoms with Gasteiger partial charge in [-0.25, -0.2) is 4.79 Å². The number of nitrogens with zero attached hydrogens (tertiary/aromatic N) is 1. The van der Waals surface area contributed by atoms with Crippen molar-refractivity contribution >= 4 is 5.97 Å². The van der Waals surface area contributed by atoms with E-state index in [1.807, 2.05) is 36.4 Å². The monoisotopic (exact) mass is 421 g/mol. The third kappa shape index (κ3) is 5.19. The Morgan fingerprint density at radius 3 is 2.23 bits per heavy atom. The van der Waals surface area contributed by atoms with Crippen LogP contribution in [-0.4, -0.2) is 41.7 Å². The normalized spacial score (nSPS) is 20.4. The number of hydrogen-bond acceptors (Lipinski definition) is 4. The summed E-state index contributed by atoms with van der Waals surface area (Å²) in [7, 11) is 0. The molecule has 0 amide bonds. The molecule has 4 nitrogen and oxygen atoms in total. The maximum Gasteiger partial charge on any atom is 0.343 e. The van der Waals surface area contributed by atoms with E-state index in [1.165, 1.54) is 18.4 Å². The summed E-state index contributed by atoms with van der Waals surface area (Å²) in [4.78, 5) is 15.8. The zero-order valence-electron chi connectivity index (χ0n) is 18.4. The Morgan fingerprint density at radius 1 is 0.968 bits per heavy atom. The molecule has 1 unspecified atom stereocenters. The van der Waals surface area contributed by atoms with Crippen LogP contribution in [0, 0.1) is 5.92 Å². The smallest absolute Gasteiger partial charge is 0.343 e. The number of likely N-dealkylation sites (tertiary alicyclic amines) is 1. The molecule has 1 aliphatic carbocycles. The number of rotatable bonds is 9. The quantitative estimate of drug-likeness (QED) is 0.596. The van der Waals surface area contributed by atoms with Crippen LogP contribution in [0.4, 0.5) is 0 Å². The van der Waals surface area contributed by atoms with Crippen molar-refractivity contribution in [3.05, 3.63) is 71.8 Å². The van der Waals surface area contributed by atoms with E-state index < -0.39 is 11.6 Å². The molecule has 1 aliphatic heterocycles. The van der Waals surface area contributed by atoms with Gasteiger partial charge in [0.25, 0.3) is 0 Å². The Balaban J connectivity index is 1.42. The Kier molecular flexibility index (Phi) is 7.41. The standard InChI is InChI=1S/C27H35NO3/c29-26(27(30,24-15-7-8-16-24)23-13-5-2-6-14-23)31-20-17-25(28-18-9-10-19-28)21-22-11-3-1-4-12-22/h1-6,11-14,24-25,30H,7-10,15-21H2/t25-,27?/m0/s1. The first-order valence-corrected chi connectivity index (χ1v) is 11.9. The van der Waals surface area contributed by atoms with Crippen LogP contribution in [0.15, 0.2) is 60.7 Å². The minimum Gasteiger partial charge on any atom is -0.463 e. The molecule has 4 heteroatoms. The molecular weight excluding hydrogens is 386 g/mol. The molecule has 31 heavy (non-hydrogen) atoms. The van der Waals surface area contributed by atoms with Gasteiger partial charge in [-0.1, -0.05) is 73.5 Å². The fourth-order valence-electron chi connectivity index (χ4n) is 5.36. The van der Waals surface area contributed by atoms with Crippen molar-refractivity contribution in [3.63, 3.8) is 0 Å². The summed E-state index contributed by atoms with van der Waals surface area (Å²) < 4.78 is 5.79. The van der Waals surface area contributed by atoms with Gasteiger partial charge >= 0.3 is 5.97 Å². The van der Waals surface area contributed by atoms with E-state index in [0.29, 0.717) is 18.2 Å². The Bertz CT molecular complexity index is 813. The van der Waals surface area contributed by atoms with Crippen molar-refractivity contribution < 1.29 is 14.6 Å². The van der Waals surface area contributed by atoms with Gasteiger partial charge in [0.15, 0.2) is 5.60 Å². The van der Waals surface area contributed by atoms with Gasteiger partial charge in [0.05, 0.1) is 6.61 Å². The lowest BCUT2D eigenvalue weighted by Crippen LogP contribution is -2.44. The van der Waals surface area contributed by atoms with Gasteiger partial charge in [0.2, 0.25) is 0 Å². The van der Waals surface area contributed by atoms with Crippen LogP contribution in [0.25, 0.3) is 0 Å². The molecule has 1 saturated carbocycles. The van der Waals surface area contributed by atoms with Gasteiger partial charge in [-0.2, -0.15) is 0 Å². The number of hydrogen-bond donors (Lipinski definition) is 1. The van der Waals surface area contributed by atoms with E-state index in [-0.39, 0.29) is 5.92 Å². The molecular formula is C27H35NO3. The molecule has 166 valence electrons. The van der Waals surface area contributed by atoms with Crippen LogP contribution < -0.4 is 0 Å². The van der Waals surface area contributed by atoms with E-state index in [9.17, 15) is 9.90 Å². The number of esters is 1. The summed E-state index contributed by atoms with van der Waals surface area (Å²) >= 11 is 0. The van der Waals surface area contributed by atoms with E-state index in [0.717, 1.165) is 51.6 Å². The molecule has 1 heterocycles. The lowest BCUT2D eigenvalue weighted by molar-refractivity contribution is -0.174. The van der Waals surface area contributed by atoms with Crippen LogP contribution in [0.2, 0.25) is 0 Å². The van der Waals surface area contributed by atoms with Crippen molar-refractivity contribution in [1.29, 1.82) is 0 Å². The fraction of sp³-hybridized carbons (Fsp3) is 0.519. The third-order valence-corrected chi connectivity index (χ3v) is 7.13. The minimum atomic E-state index is -1.54. The van der Waals surface area contributed by atoms with E-state index >= 15 is 0 Å². The van der Waals surface area contributed by atoms with Gasteiger partial charge < -0.3 is 9.84 Å². The fourth-order valence-corrected chi connectivity index (χ4v) is 5.36. The Morgan fingerprint density at radius 2 is 1.58 bits per heavy atom. The molecule has 4 rings (SSSR count). The summed E-state index contributed by atoms with van der Waals surface area (Å²) in [5, 5.41) is 11.6. The van der Waals surface area contributed by atoms with Gasteiger partial charge in [-0.3, -0.25) is 4.90 Å². The number of carbonyl (C=O) groups is 1. The zero-order valence-corrected chi connectivity index (χ0v) is 18.4. The highest BCUT2D eigenvalue weighted by molar-refractivity contribution is 5.81. The van der Waals surface area contributed by atoms with Gasteiger partial charge in [-0.15, -0.1) is 0 Å². The molecule has 2 aromatic rings. The summed E-state index contributed by atoms with van der Waals surface area (Å²) in [5.41, 5.74) is 0.435. The molecule has 2 aromatic carbocycles. The van der Waals surface area contributed by atoms with Gasteiger partial charge in [0.1, 0.15) is 0 Å². The van der Waals surface area contributed by atoms with Crippen molar-refractivity contribution in [2.24, 2.45) is 5.92 Å². The number of benzene rings is 2. The third-order valence-electron chi connectivity index (χ3n) is 7.13. The highest BCUT2D eigenvalue weighted by atomic mass is 16.5. The summed E-state index contributed by atoms with van der Waals surface area (Å²) in [6, 6.07) is 20.3. The van der Waals surface area contributed by atoms with Gasteiger partial charge in [-0.05, 0) is 62.7 Å². The van der Waals surface area contributed by atoms with Crippen LogP contribution in [0.1, 0.15) is 56.1 Å². The molecule has 2 fully saturated rings. The summed E-state index contributed by atoms with van der Waals surface area (Å²) in [5.74, 6) is -0.549. The van der Waals surface area contributed by atoms with Crippen LogP contribution in [-0.2, 0) is 21.6 Å². The molecule has 0 radical (unpaired) electrons. The Labute approximate surface area is 186 Å². The molecule has 1 saturated heterocycles. The second kappa shape index (κ2) is 10.4. The van der Waals surface area contributed by atoms with Gasteiger partial charge in [0, 0.05) is 12.0 Å². The van der Waals surface area contributed by atoms with Crippen molar-refractivity contribution in [2.45, 2.75) is 63.0 Å². The summed E-state index contributed by atoms with van der Waals surface area (Å²) in [6.07, 6.45) is 8.07. The molecule has 0 spiro atoms. The maximum atomic E-state index is 13.2. The molecule has 0 bridgehead atoms. The minimum absolute atomic E-state index is 0.0684. The summed E-state index contributed by atoms with van der Waals surface area (Å²) in [6.45, 7) is 2.57. The average molecular weight is 422 g/mol. The van der Waals surface area contributed by atoms with Crippen LogP contribution in [0.5, 0.6) is 0 Å². The van der Waals surface area contributed by atoms with E-state index in [4.69, 9.17) is 4.74 Å². The number of ether oxygens (including phenoxy) is 1. The van der Waals surface area contributed by atoms with Crippen LogP contribution in [0.3, 0.4) is 0 Å². The predicted molar refractivity (Wildman–Crippen MR) is 123 cm³/mol. The lowest BCUT2D eigenvalue weighted by Gasteiger charge is -2.33. The predicted octanol–water partition coefficient (Wildman–Crippen LogP) is 4.70. The number of carbonyl (C=O) groups excluding carboxylic acids is 1. The second-order valence-electron chi connectivity index (χ2n) is 9.13. The lowest BCUT2D eigenvalue weighted by atomic mass is 9.80. The van der Waals surface area contributed by atoms with Crippen molar-refractivity contribution in [1.82, 2.24) is 4.90 Å². The van der Waals surface area contributed by atoms with Crippen molar-refractivity contribution in [2.75, 3.05) is 19.7 Å². The Hall–Kier alpha value is -2.17. The molecule has 1 N–H and O–H groups in total. The molecule has 0 aromatic heterocycles. The van der Waals surface area contributed by atoms with E-state index in [1.54, 1.807) is 0 Å². The zero-order chi connectivity index (χ0) is 21.5.